The van der Waals surface area contributed by atoms with E-state index in [1.165, 1.54) is 0 Å². The van der Waals surface area contributed by atoms with Crippen LogP contribution in [0.15, 0.2) is 12.1 Å². The lowest BCUT2D eigenvalue weighted by atomic mass is 9.75. The minimum Gasteiger partial charge on any atom is -0.461 e. The molecule has 1 aromatic carbocycles. The number of carbonyl (C=O) groups is 1. The molecule has 1 aliphatic rings. The summed E-state index contributed by atoms with van der Waals surface area (Å²) in [7, 11) is 0. The van der Waals surface area contributed by atoms with E-state index in [9.17, 15) is 18.0 Å². The van der Waals surface area contributed by atoms with Gasteiger partial charge in [0.05, 0.1) is 0 Å². The molecule has 2 N–H and O–H groups in total. The van der Waals surface area contributed by atoms with E-state index < -0.39 is 29.5 Å². The zero-order valence-electron chi connectivity index (χ0n) is 15.3. The molecule has 0 bridgehead atoms. The molecule has 7 heteroatoms. The molecule has 2 rings (SSSR count). The average Bonchev–Trinajstić information content (AvgIpc) is 2.52. The van der Waals surface area contributed by atoms with Crippen molar-refractivity contribution in [2.45, 2.75) is 58.6 Å². The Morgan fingerprint density at radius 2 is 1.81 bits per heavy atom. The Kier molecular flexibility index (Phi) is 8.41. The molecule has 1 aromatic rings. The first-order valence-electron chi connectivity index (χ1n) is 8.78. The van der Waals surface area contributed by atoms with E-state index in [0.29, 0.717) is 17.9 Å². The number of carbonyl (C=O) groups excluding carboxylic acids is 1. The van der Waals surface area contributed by atoms with E-state index in [4.69, 9.17) is 10.5 Å². The van der Waals surface area contributed by atoms with Crippen LogP contribution in [0.1, 0.15) is 45.6 Å². The molecular formula is C19H27ClF3NO2. The molecule has 0 heterocycles. The van der Waals surface area contributed by atoms with Gasteiger partial charge in [0.15, 0.2) is 11.6 Å². The van der Waals surface area contributed by atoms with Gasteiger partial charge in [-0.25, -0.2) is 13.2 Å². The van der Waals surface area contributed by atoms with E-state index in [1.807, 2.05) is 0 Å². The van der Waals surface area contributed by atoms with E-state index in [2.05, 4.69) is 20.8 Å². The Balaban J connectivity index is 0.00000338. The Bertz CT molecular complexity index is 627. The van der Waals surface area contributed by atoms with Crippen molar-refractivity contribution >= 4 is 18.4 Å². The number of nitrogens with two attached hydrogens (primary N) is 1. The molecule has 0 radical (unpaired) electrons. The Hall–Kier alpha value is -1.27. The molecule has 0 saturated heterocycles. The standard InChI is InChI=1S/C19H26F3NO2.ClH/c1-10(2)13-5-4-11(3)6-18(13)25-19(24)17(23)8-12-7-15(21)16(22)9-14(12)20;/h7,9-11,13,17-18H,4-6,8,23H2,1-3H3;1H/t11?,13?,17-,18?;/m0./s1. The maximum atomic E-state index is 13.7. The molecule has 26 heavy (non-hydrogen) atoms. The second-order valence-corrected chi connectivity index (χ2v) is 7.47. The van der Waals surface area contributed by atoms with E-state index in [0.717, 1.165) is 25.3 Å². The Labute approximate surface area is 158 Å². The fourth-order valence-corrected chi connectivity index (χ4v) is 3.53. The van der Waals surface area contributed by atoms with Crippen LogP contribution in [-0.2, 0) is 16.0 Å². The predicted octanol–water partition coefficient (Wildman–Crippen LogP) is 4.40. The van der Waals surface area contributed by atoms with Gasteiger partial charge in [-0.3, -0.25) is 4.79 Å². The third-order valence-electron chi connectivity index (χ3n) is 5.06. The monoisotopic (exact) mass is 393 g/mol. The number of ether oxygens (including phenoxy) is 1. The lowest BCUT2D eigenvalue weighted by molar-refractivity contribution is -0.157. The van der Waals surface area contributed by atoms with Gasteiger partial charge in [0.2, 0.25) is 0 Å². The van der Waals surface area contributed by atoms with Crippen molar-refractivity contribution < 1.29 is 22.7 Å². The number of halogens is 4. The van der Waals surface area contributed by atoms with Crippen LogP contribution >= 0.6 is 12.4 Å². The third kappa shape index (κ3) is 5.61. The zero-order valence-corrected chi connectivity index (χ0v) is 16.1. The molecule has 4 atom stereocenters. The molecular weight excluding hydrogens is 367 g/mol. The normalized spacial score (nSPS) is 24.1. The number of hydrogen-bond acceptors (Lipinski definition) is 3. The quantitative estimate of drug-likeness (QED) is 0.596. The van der Waals surface area contributed by atoms with Crippen LogP contribution in [-0.4, -0.2) is 18.1 Å². The maximum absolute atomic E-state index is 13.7. The highest BCUT2D eigenvalue weighted by Gasteiger charge is 2.34. The summed E-state index contributed by atoms with van der Waals surface area (Å²) < 4.78 is 45.6. The highest BCUT2D eigenvalue weighted by Crippen LogP contribution is 2.35. The second kappa shape index (κ2) is 9.60. The average molecular weight is 394 g/mol. The maximum Gasteiger partial charge on any atom is 0.323 e. The van der Waals surface area contributed by atoms with Gasteiger partial charge in [-0.05, 0) is 42.2 Å². The fourth-order valence-electron chi connectivity index (χ4n) is 3.53. The minimum atomic E-state index is -1.27. The summed E-state index contributed by atoms with van der Waals surface area (Å²) in [6.07, 6.45) is 2.42. The summed E-state index contributed by atoms with van der Waals surface area (Å²) in [5.74, 6) is -2.88. The highest BCUT2D eigenvalue weighted by molar-refractivity contribution is 5.85. The van der Waals surface area contributed by atoms with Crippen LogP contribution < -0.4 is 5.73 Å². The number of hydrogen-bond donors (Lipinski definition) is 1. The summed E-state index contributed by atoms with van der Waals surface area (Å²) in [6.45, 7) is 6.31. The Morgan fingerprint density at radius 1 is 1.19 bits per heavy atom. The minimum absolute atomic E-state index is 0. The molecule has 3 unspecified atom stereocenters. The van der Waals surface area contributed by atoms with Gasteiger partial charge in [0.1, 0.15) is 18.0 Å². The van der Waals surface area contributed by atoms with Crippen LogP contribution in [0.25, 0.3) is 0 Å². The third-order valence-corrected chi connectivity index (χ3v) is 5.06. The van der Waals surface area contributed by atoms with Crippen molar-refractivity contribution in [1.29, 1.82) is 0 Å². The smallest absolute Gasteiger partial charge is 0.323 e. The molecule has 1 fully saturated rings. The van der Waals surface area contributed by atoms with Gasteiger partial charge in [-0.2, -0.15) is 0 Å². The van der Waals surface area contributed by atoms with Crippen LogP contribution in [0.2, 0.25) is 0 Å². The largest absolute Gasteiger partial charge is 0.461 e. The van der Waals surface area contributed by atoms with Gasteiger partial charge in [0.25, 0.3) is 0 Å². The molecule has 0 amide bonds. The first-order valence-corrected chi connectivity index (χ1v) is 8.78. The van der Waals surface area contributed by atoms with Crippen molar-refractivity contribution in [3.05, 3.63) is 35.1 Å². The number of esters is 1. The summed E-state index contributed by atoms with van der Waals surface area (Å²) in [5, 5.41) is 0. The molecule has 0 aliphatic heterocycles. The predicted molar refractivity (Wildman–Crippen MR) is 96.5 cm³/mol. The van der Waals surface area contributed by atoms with E-state index in [-0.39, 0.29) is 36.4 Å². The topological polar surface area (TPSA) is 52.3 Å². The molecule has 3 nitrogen and oxygen atoms in total. The van der Waals surface area contributed by atoms with Crippen molar-refractivity contribution in [2.24, 2.45) is 23.5 Å². The molecule has 148 valence electrons. The summed E-state index contributed by atoms with van der Waals surface area (Å²) >= 11 is 0. The lowest BCUT2D eigenvalue weighted by Gasteiger charge is -2.37. The SMILES string of the molecule is CC1CCC(C(C)C)C(OC(=O)[C@@H](N)Cc2cc(F)c(F)cc2F)C1.Cl. The molecule has 1 saturated carbocycles. The zero-order chi connectivity index (χ0) is 18.7. The van der Waals surface area contributed by atoms with Crippen LogP contribution in [0.4, 0.5) is 13.2 Å². The van der Waals surface area contributed by atoms with Crippen LogP contribution in [0.3, 0.4) is 0 Å². The van der Waals surface area contributed by atoms with Gasteiger partial charge < -0.3 is 10.5 Å². The van der Waals surface area contributed by atoms with Crippen molar-refractivity contribution in [3.63, 3.8) is 0 Å². The first kappa shape index (κ1) is 22.8. The molecule has 1 aliphatic carbocycles. The summed E-state index contributed by atoms with van der Waals surface area (Å²) in [6, 6.07) is 0.0713. The molecule has 0 aromatic heterocycles. The number of rotatable bonds is 5. The van der Waals surface area contributed by atoms with Gasteiger partial charge in [-0.1, -0.05) is 27.2 Å². The van der Waals surface area contributed by atoms with Crippen molar-refractivity contribution in [1.82, 2.24) is 0 Å². The van der Waals surface area contributed by atoms with Gasteiger partial charge >= 0.3 is 5.97 Å². The first-order chi connectivity index (χ1) is 11.7. The Morgan fingerprint density at radius 3 is 2.42 bits per heavy atom. The van der Waals surface area contributed by atoms with E-state index in [1.54, 1.807) is 0 Å². The number of benzene rings is 1. The van der Waals surface area contributed by atoms with Crippen molar-refractivity contribution in [2.75, 3.05) is 0 Å². The van der Waals surface area contributed by atoms with Crippen LogP contribution in [0, 0.1) is 35.2 Å². The molecule has 0 spiro atoms. The van der Waals surface area contributed by atoms with Gasteiger partial charge in [0, 0.05) is 12.5 Å². The van der Waals surface area contributed by atoms with E-state index >= 15 is 0 Å². The highest BCUT2D eigenvalue weighted by atomic mass is 35.5. The lowest BCUT2D eigenvalue weighted by Crippen LogP contribution is -2.42. The van der Waals surface area contributed by atoms with Crippen molar-refractivity contribution in [3.8, 4) is 0 Å². The fraction of sp³-hybridized carbons (Fsp3) is 0.632. The summed E-state index contributed by atoms with van der Waals surface area (Å²) in [4.78, 5) is 12.3. The summed E-state index contributed by atoms with van der Waals surface area (Å²) in [5.41, 5.74) is 5.68. The van der Waals surface area contributed by atoms with Gasteiger partial charge in [-0.15, -0.1) is 12.4 Å². The van der Waals surface area contributed by atoms with Crippen LogP contribution in [0.5, 0.6) is 0 Å². The second-order valence-electron chi connectivity index (χ2n) is 7.47.